The molecule has 0 unspecified atom stereocenters. The summed E-state index contributed by atoms with van der Waals surface area (Å²) in [5.41, 5.74) is 3.46. The van der Waals surface area contributed by atoms with Crippen molar-refractivity contribution in [3.05, 3.63) is 22.8 Å². The highest BCUT2D eigenvalue weighted by Crippen LogP contribution is 2.23. The van der Waals surface area contributed by atoms with Crippen molar-refractivity contribution in [2.75, 3.05) is 6.61 Å². The molecule has 0 aromatic heterocycles. The van der Waals surface area contributed by atoms with Gasteiger partial charge in [-0.1, -0.05) is 22.8 Å². The second-order valence-electron chi connectivity index (χ2n) is 2.49. The van der Waals surface area contributed by atoms with Gasteiger partial charge in [-0.3, -0.25) is 0 Å². The monoisotopic (exact) mass is 123 g/mol. The lowest BCUT2D eigenvalue weighted by molar-refractivity contribution is -0.355. The van der Waals surface area contributed by atoms with Crippen LogP contribution in [-0.2, 0) is 0 Å². The molecular formula is C8H11O-. The highest BCUT2D eigenvalue weighted by molar-refractivity contribution is 5.40. The van der Waals surface area contributed by atoms with Gasteiger partial charge in [-0.25, -0.2) is 0 Å². The molecule has 9 heavy (non-hydrogen) atoms. The highest BCUT2D eigenvalue weighted by atomic mass is 16.3. The van der Waals surface area contributed by atoms with Gasteiger partial charge in [0.15, 0.2) is 0 Å². The molecule has 0 atom stereocenters. The maximum absolute atomic E-state index is 10.5. The first-order chi connectivity index (χ1) is 4.25. The number of rotatable bonds is 1. The molecule has 0 spiro atoms. The van der Waals surface area contributed by atoms with Gasteiger partial charge in [0.2, 0.25) is 0 Å². The summed E-state index contributed by atoms with van der Waals surface area (Å²) in [6.07, 6.45) is 3.10. The molecule has 0 heterocycles. The molecule has 0 amide bonds. The van der Waals surface area contributed by atoms with Crippen molar-refractivity contribution in [3.8, 4) is 0 Å². The quantitative estimate of drug-likeness (QED) is 0.510. The van der Waals surface area contributed by atoms with Crippen LogP contribution in [0.3, 0.4) is 0 Å². The zero-order valence-electron chi connectivity index (χ0n) is 5.90. The Hall–Kier alpha value is -0.560. The number of hydrogen-bond donors (Lipinski definition) is 0. The molecule has 1 aliphatic carbocycles. The van der Waals surface area contributed by atoms with E-state index in [0.29, 0.717) is 0 Å². The van der Waals surface area contributed by atoms with E-state index >= 15 is 0 Å². The molecule has 0 radical (unpaired) electrons. The molecule has 0 aromatic rings. The van der Waals surface area contributed by atoms with Crippen LogP contribution in [0.15, 0.2) is 22.8 Å². The van der Waals surface area contributed by atoms with Gasteiger partial charge in [0.1, 0.15) is 0 Å². The van der Waals surface area contributed by atoms with Crippen LogP contribution >= 0.6 is 0 Å². The van der Waals surface area contributed by atoms with Crippen LogP contribution < -0.4 is 5.11 Å². The van der Waals surface area contributed by atoms with Gasteiger partial charge in [0, 0.05) is 0 Å². The van der Waals surface area contributed by atoms with E-state index in [4.69, 9.17) is 0 Å². The summed E-state index contributed by atoms with van der Waals surface area (Å²) in [4.78, 5) is 0. The smallest absolute Gasteiger partial charge is 0.0130 e. The minimum atomic E-state index is -0.0475. The normalized spacial score (nSPS) is 18.8. The van der Waals surface area contributed by atoms with Gasteiger partial charge in [-0.05, 0) is 20.3 Å². The van der Waals surface area contributed by atoms with Crippen molar-refractivity contribution in [3.63, 3.8) is 0 Å². The Morgan fingerprint density at radius 1 is 1.56 bits per heavy atom. The van der Waals surface area contributed by atoms with Crippen LogP contribution in [0.2, 0.25) is 0 Å². The molecule has 1 rings (SSSR count). The molecule has 0 saturated carbocycles. The Kier molecular flexibility index (Phi) is 1.72. The first-order valence-electron chi connectivity index (χ1n) is 3.19. The van der Waals surface area contributed by atoms with Crippen LogP contribution in [0.25, 0.3) is 0 Å². The van der Waals surface area contributed by atoms with Crippen molar-refractivity contribution in [1.82, 2.24) is 0 Å². The Morgan fingerprint density at radius 2 is 2.22 bits per heavy atom. The topological polar surface area (TPSA) is 23.1 Å². The molecule has 1 nitrogen and oxygen atoms in total. The summed E-state index contributed by atoms with van der Waals surface area (Å²) in [6.45, 7) is 3.98. The average Bonchev–Trinajstić information content (AvgIpc) is 2.12. The molecule has 0 bridgehead atoms. The van der Waals surface area contributed by atoms with Crippen molar-refractivity contribution < 1.29 is 5.11 Å². The Bertz CT molecular complexity index is 175. The maximum Gasteiger partial charge on any atom is -0.0130 e. The third-order valence-corrected chi connectivity index (χ3v) is 1.85. The lowest BCUT2D eigenvalue weighted by Gasteiger charge is -2.08. The van der Waals surface area contributed by atoms with Crippen LogP contribution in [0.1, 0.15) is 20.3 Å². The fourth-order valence-electron chi connectivity index (χ4n) is 1.13. The van der Waals surface area contributed by atoms with E-state index in [1.54, 1.807) is 0 Å². The van der Waals surface area contributed by atoms with Gasteiger partial charge in [0.25, 0.3) is 0 Å². The first-order valence-corrected chi connectivity index (χ1v) is 3.19. The molecular weight excluding hydrogens is 112 g/mol. The molecule has 0 N–H and O–H groups in total. The summed E-state index contributed by atoms with van der Waals surface area (Å²) < 4.78 is 0. The predicted octanol–water partition coefficient (Wildman–Crippen LogP) is 1.01. The van der Waals surface area contributed by atoms with Crippen LogP contribution in [0, 0.1) is 0 Å². The molecule has 50 valence electrons. The fraction of sp³-hybridized carbons (Fsp3) is 0.500. The van der Waals surface area contributed by atoms with Crippen LogP contribution in [0.5, 0.6) is 0 Å². The fourth-order valence-corrected chi connectivity index (χ4v) is 1.13. The molecule has 0 aliphatic heterocycles. The molecule has 1 heteroatoms. The van der Waals surface area contributed by atoms with Crippen molar-refractivity contribution in [2.45, 2.75) is 20.3 Å². The van der Waals surface area contributed by atoms with E-state index in [9.17, 15) is 5.11 Å². The summed E-state index contributed by atoms with van der Waals surface area (Å²) >= 11 is 0. The van der Waals surface area contributed by atoms with E-state index in [1.807, 2.05) is 13.8 Å². The average molecular weight is 123 g/mol. The van der Waals surface area contributed by atoms with Gasteiger partial charge < -0.3 is 5.11 Å². The second kappa shape index (κ2) is 2.36. The Labute approximate surface area is 55.7 Å². The van der Waals surface area contributed by atoms with Crippen molar-refractivity contribution in [1.29, 1.82) is 0 Å². The van der Waals surface area contributed by atoms with E-state index in [0.717, 1.165) is 12.0 Å². The Morgan fingerprint density at radius 3 is 2.44 bits per heavy atom. The molecule has 0 saturated heterocycles. The van der Waals surface area contributed by atoms with E-state index in [2.05, 4.69) is 6.08 Å². The summed E-state index contributed by atoms with van der Waals surface area (Å²) in [6, 6.07) is 0. The van der Waals surface area contributed by atoms with Gasteiger partial charge in [-0.2, -0.15) is 0 Å². The lowest BCUT2D eigenvalue weighted by Crippen LogP contribution is -2.09. The molecule has 0 aromatic carbocycles. The zero-order chi connectivity index (χ0) is 6.85. The lowest BCUT2D eigenvalue weighted by atomic mass is 10.1. The minimum absolute atomic E-state index is 0.0475. The van der Waals surface area contributed by atoms with Gasteiger partial charge >= 0.3 is 0 Å². The van der Waals surface area contributed by atoms with Crippen LogP contribution in [-0.4, -0.2) is 6.61 Å². The standard InChI is InChI=1S/C8H11O/c1-6-3-4-7(2)8(6)5-9/h3H,4-5H2,1-2H3/q-1. The minimum Gasteiger partial charge on any atom is -0.851 e. The van der Waals surface area contributed by atoms with Crippen LogP contribution in [0.4, 0.5) is 0 Å². The molecule has 0 fully saturated rings. The third kappa shape index (κ3) is 1.06. The first kappa shape index (κ1) is 6.56. The molecule has 1 aliphatic rings. The maximum atomic E-state index is 10.5. The van der Waals surface area contributed by atoms with Crippen molar-refractivity contribution in [2.24, 2.45) is 0 Å². The van der Waals surface area contributed by atoms with E-state index in [1.165, 1.54) is 11.1 Å². The van der Waals surface area contributed by atoms with E-state index in [-0.39, 0.29) is 6.61 Å². The largest absolute Gasteiger partial charge is 0.851 e. The van der Waals surface area contributed by atoms with Crippen molar-refractivity contribution >= 4 is 0 Å². The highest BCUT2D eigenvalue weighted by Gasteiger charge is 2.05. The summed E-state index contributed by atoms with van der Waals surface area (Å²) in [7, 11) is 0. The predicted molar refractivity (Wildman–Crippen MR) is 35.9 cm³/mol. The SMILES string of the molecule is CC1=CCC(C)=C1C[O-]. The third-order valence-electron chi connectivity index (χ3n) is 1.85. The number of hydrogen-bond acceptors (Lipinski definition) is 1. The Balaban J connectivity index is 2.83. The summed E-state index contributed by atoms with van der Waals surface area (Å²) in [5, 5.41) is 10.5. The summed E-state index contributed by atoms with van der Waals surface area (Å²) in [5.74, 6) is 0. The van der Waals surface area contributed by atoms with Gasteiger partial charge in [0.05, 0.1) is 0 Å². The number of allylic oxidation sites excluding steroid dienone is 2. The zero-order valence-corrected chi connectivity index (χ0v) is 5.90. The van der Waals surface area contributed by atoms with E-state index < -0.39 is 0 Å². The second-order valence-corrected chi connectivity index (χ2v) is 2.49. The van der Waals surface area contributed by atoms with Gasteiger partial charge in [-0.15, -0.1) is 6.61 Å².